The molecule has 31 heavy (non-hydrogen) atoms. The van der Waals surface area contributed by atoms with Gasteiger partial charge in [0.1, 0.15) is 17.1 Å². The first-order chi connectivity index (χ1) is 15.0. The van der Waals surface area contributed by atoms with Crippen molar-refractivity contribution in [1.29, 1.82) is 0 Å². The summed E-state index contributed by atoms with van der Waals surface area (Å²) in [7, 11) is 1.51. The Hall–Kier alpha value is -4.06. The van der Waals surface area contributed by atoms with E-state index >= 15 is 0 Å². The van der Waals surface area contributed by atoms with Gasteiger partial charge in [0.15, 0.2) is 6.61 Å². The zero-order valence-corrected chi connectivity index (χ0v) is 17.2. The van der Waals surface area contributed by atoms with Crippen molar-refractivity contribution in [3.05, 3.63) is 88.8 Å². The minimum Gasteiger partial charge on any atom is -0.495 e. The average molecular weight is 415 g/mol. The number of aryl methyl sites for hydroxylation is 1. The number of methoxy groups -OCH3 is 1. The third-order valence-electron chi connectivity index (χ3n) is 4.79. The van der Waals surface area contributed by atoms with Crippen LogP contribution in [0.4, 0.5) is 5.69 Å². The van der Waals surface area contributed by atoms with Gasteiger partial charge in [-0.1, -0.05) is 36.4 Å². The maximum atomic E-state index is 12.5. The lowest BCUT2D eigenvalue weighted by Crippen LogP contribution is -2.20. The summed E-state index contributed by atoms with van der Waals surface area (Å²) in [5.41, 5.74) is 2.55. The van der Waals surface area contributed by atoms with Crippen LogP contribution in [0.2, 0.25) is 0 Å². The van der Waals surface area contributed by atoms with Gasteiger partial charge >= 0.3 is 5.63 Å². The average Bonchev–Trinajstić information content (AvgIpc) is 2.77. The van der Waals surface area contributed by atoms with Crippen LogP contribution in [0.15, 0.2) is 82.0 Å². The lowest BCUT2D eigenvalue weighted by atomic mass is 10.0. The van der Waals surface area contributed by atoms with Gasteiger partial charge in [0, 0.05) is 5.39 Å². The fourth-order valence-corrected chi connectivity index (χ4v) is 3.28. The molecule has 0 spiro atoms. The van der Waals surface area contributed by atoms with Crippen LogP contribution < -0.4 is 20.4 Å². The number of para-hydroxylation sites is 1. The number of amides is 1. The van der Waals surface area contributed by atoms with Crippen LogP contribution in [-0.4, -0.2) is 19.6 Å². The predicted molar refractivity (Wildman–Crippen MR) is 120 cm³/mol. The number of anilines is 1. The van der Waals surface area contributed by atoms with E-state index in [1.54, 1.807) is 36.4 Å². The van der Waals surface area contributed by atoms with Crippen molar-refractivity contribution in [3.8, 4) is 22.6 Å². The van der Waals surface area contributed by atoms with E-state index in [0.717, 1.165) is 10.9 Å². The second kappa shape index (κ2) is 8.75. The predicted octanol–water partition coefficient (Wildman–Crippen LogP) is 4.79. The van der Waals surface area contributed by atoms with E-state index in [2.05, 4.69) is 5.32 Å². The lowest BCUT2D eigenvalue weighted by Gasteiger charge is -2.13. The molecular weight excluding hydrogens is 394 g/mol. The molecule has 0 aliphatic carbocycles. The Bertz CT molecular complexity index is 1310. The number of rotatable bonds is 6. The van der Waals surface area contributed by atoms with Gasteiger partial charge in [-0.2, -0.15) is 0 Å². The first-order valence-electron chi connectivity index (χ1n) is 9.74. The molecule has 3 aromatic carbocycles. The number of carbonyl (C=O) groups is 1. The Morgan fingerprint density at radius 2 is 1.84 bits per heavy atom. The van der Waals surface area contributed by atoms with Crippen LogP contribution >= 0.6 is 0 Å². The molecule has 0 bridgehead atoms. The number of carbonyl (C=O) groups excluding carboxylic acids is 1. The molecule has 0 saturated heterocycles. The van der Waals surface area contributed by atoms with Crippen LogP contribution in [0.1, 0.15) is 5.56 Å². The zero-order chi connectivity index (χ0) is 21.8. The van der Waals surface area contributed by atoms with E-state index in [0.29, 0.717) is 33.9 Å². The molecule has 156 valence electrons. The molecule has 4 rings (SSSR count). The first kappa shape index (κ1) is 20.2. The molecule has 0 aliphatic rings. The molecule has 0 aliphatic heterocycles. The molecule has 1 heterocycles. The Morgan fingerprint density at radius 3 is 2.65 bits per heavy atom. The molecule has 1 N–H and O–H groups in total. The van der Waals surface area contributed by atoms with E-state index in [4.69, 9.17) is 13.9 Å². The van der Waals surface area contributed by atoms with Gasteiger partial charge in [-0.3, -0.25) is 4.79 Å². The second-order valence-electron chi connectivity index (χ2n) is 7.05. The summed E-state index contributed by atoms with van der Waals surface area (Å²) >= 11 is 0. The minimum absolute atomic E-state index is 0.158. The highest BCUT2D eigenvalue weighted by Crippen LogP contribution is 2.30. The maximum absolute atomic E-state index is 12.5. The summed E-state index contributed by atoms with van der Waals surface area (Å²) in [5, 5.41) is 3.60. The molecule has 1 amide bonds. The van der Waals surface area contributed by atoms with E-state index < -0.39 is 5.63 Å². The molecule has 0 saturated carbocycles. The van der Waals surface area contributed by atoms with Gasteiger partial charge in [-0.05, 0) is 54.4 Å². The van der Waals surface area contributed by atoms with Gasteiger partial charge in [0.25, 0.3) is 5.91 Å². The van der Waals surface area contributed by atoms with Crippen LogP contribution in [0.25, 0.3) is 22.1 Å². The van der Waals surface area contributed by atoms with E-state index in [1.165, 1.54) is 7.11 Å². The number of benzene rings is 3. The van der Waals surface area contributed by atoms with Crippen molar-refractivity contribution in [2.75, 3.05) is 19.0 Å². The van der Waals surface area contributed by atoms with Crippen LogP contribution in [0.5, 0.6) is 11.5 Å². The third-order valence-corrected chi connectivity index (χ3v) is 4.79. The molecule has 4 aromatic rings. The van der Waals surface area contributed by atoms with Gasteiger partial charge < -0.3 is 19.2 Å². The first-order valence-corrected chi connectivity index (χ1v) is 9.74. The summed E-state index contributed by atoms with van der Waals surface area (Å²) < 4.78 is 16.3. The molecular formula is C25H21NO5. The van der Waals surface area contributed by atoms with Crippen molar-refractivity contribution in [1.82, 2.24) is 0 Å². The Labute approximate surface area is 179 Å². The number of hydrogen-bond donors (Lipinski definition) is 1. The van der Waals surface area contributed by atoms with Gasteiger partial charge in [-0.25, -0.2) is 4.79 Å². The summed E-state index contributed by atoms with van der Waals surface area (Å²) in [6, 6.07) is 21.7. The minimum atomic E-state index is -0.455. The normalized spacial score (nSPS) is 10.6. The van der Waals surface area contributed by atoms with Crippen molar-refractivity contribution < 1.29 is 18.7 Å². The van der Waals surface area contributed by atoms with E-state index in [9.17, 15) is 9.59 Å². The Balaban J connectivity index is 1.58. The fourth-order valence-electron chi connectivity index (χ4n) is 3.28. The Kier molecular flexibility index (Phi) is 5.71. The third kappa shape index (κ3) is 4.59. The summed E-state index contributed by atoms with van der Waals surface area (Å²) in [6.07, 6.45) is 0. The largest absolute Gasteiger partial charge is 0.495 e. The van der Waals surface area contributed by atoms with Gasteiger partial charge in [0.05, 0.1) is 18.4 Å². The molecule has 1 aromatic heterocycles. The molecule has 0 radical (unpaired) electrons. The van der Waals surface area contributed by atoms with Crippen LogP contribution in [0.3, 0.4) is 0 Å². The highest BCUT2D eigenvalue weighted by molar-refractivity contribution is 5.94. The quantitative estimate of drug-likeness (QED) is 0.458. The van der Waals surface area contributed by atoms with Crippen molar-refractivity contribution in [2.24, 2.45) is 0 Å². The summed E-state index contributed by atoms with van der Waals surface area (Å²) in [4.78, 5) is 25.0. The Morgan fingerprint density at radius 1 is 1.00 bits per heavy atom. The smallest absolute Gasteiger partial charge is 0.344 e. The number of hydrogen-bond acceptors (Lipinski definition) is 5. The molecule has 0 fully saturated rings. The number of nitrogens with one attached hydrogen (secondary N) is 1. The van der Waals surface area contributed by atoms with Crippen molar-refractivity contribution in [3.63, 3.8) is 0 Å². The molecule has 6 heteroatoms. The van der Waals surface area contributed by atoms with Gasteiger partial charge in [0.2, 0.25) is 0 Å². The summed E-state index contributed by atoms with van der Waals surface area (Å²) in [5.74, 6) is 0.741. The fraction of sp³-hybridized carbons (Fsp3) is 0.120. The van der Waals surface area contributed by atoms with Crippen LogP contribution in [0, 0.1) is 6.92 Å². The molecule has 0 unspecified atom stereocenters. The SMILES string of the molecule is COc1ccc(-c2cc3ccccc3oc2=O)cc1NC(=O)COc1cccc(C)c1. The molecule has 6 nitrogen and oxygen atoms in total. The lowest BCUT2D eigenvalue weighted by molar-refractivity contribution is -0.118. The van der Waals surface area contributed by atoms with Crippen molar-refractivity contribution in [2.45, 2.75) is 6.92 Å². The topological polar surface area (TPSA) is 77.8 Å². The zero-order valence-electron chi connectivity index (χ0n) is 17.2. The van der Waals surface area contributed by atoms with Gasteiger partial charge in [-0.15, -0.1) is 0 Å². The maximum Gasteiger partial charge on any atom is 0.344 e. The standard InChI is InChI=1S/C25H21NO5/c1-16-6-5-8-19(12-16)30-15-24(27)26-21-14-17(10-11-23(21)29-2)20-13-18-7-3-4-9-22(18)31-25(20)28/h3-14H,15H2,1-2H3,(H,26,27). The second-order valence-corrected chi connectivity index (χ2v) is 7.05. The van der Waals surface area contributed by atoms with E-state index in [1.807, 2.05) is 43.3 Å². The summed E-state index contributed by atoms with van der Waals surface area (Å²) in [6.45, 7) is 1.79. The highest BCUT2D eigenvalue weighted by Gasteiger charge is 2.13. The van der Waals surface area contributed by atoms with E-state index in [-0.39, 0.29) is 12.5 Å². The highest BCUT2D eigenvalue weighted by atomic mass is 16.5. The number of ether oxygens (including phenoxy) is 2. The van der Waals surface area contributed by atoms with Crippen molar-refractivity contribution >= 4 is 22.6 Å². The number of fused-ring (bicyclic) bond motifs is 1. The monoisotopic (exact) mass is 415 g/mol. The van der Waals surface area contributed by atoms with Crippen LogP contribution in [-0.2, 0) is 4.79 Å². The molecule has 0 atom stereocenters.